The van der Waals surface area contributed by atoms with Crippen LogP contribution in [0.4, 0.5) is 0 Å². The summed E-state index contributed by atoms with van der Waals surface area (Å²) in [6.07, 6.45) is 5.78. The van der Waals surface area contributed by atoms with E-state index >= 15 is 0 Å². The minimum absolute atomic E-state index is 0.407. The third-order valence-electron chi connectivity index (χ3n) is 1.41. The molecule has 0 fully saturated rings. The van der Waals surface area contributed by atoms with E-state index in [1.807, 2.05) is 26.2 Å². The summed E-state index contributed by atoms with van der Waals surface area (Å²) >= 11 is 11.2. The summed E-state index contributed by atoms with van der Waals surface area (Å²) in [6, 6.07) is 0. The van der Waals surface area contributed by atoms with Crippen LogP contribution in [-0.4, -0.2) is 31.6 Å². The second-order valence-corrected chi connectivity index (χ2v) is 15.4. The van der Waals surface area contributed by atoms with Crippen molar-refractivity contribution < 1.29 is 0 Å². The Labute approximate surface area is 129 Å². The molecule has 0 rings (SSSR count). The monoisotopic (exact) mass is 374 g/mol. The molecule has 4 radical (unpaired) electrons. The van der Waals surface area contributed by atoms with Crippen molar-refractivity contribution >= 4 is 53.8 Å². The number of rotatable bonds is 6. The fourth-order valence-corrected chi connectivity index (χ4v) is 3.79. The quantitative estimate of drug-likeness (QED) is 0.300. The molecule has 0 amide bonds. The van der Waals surface area contributed by atoms with E-state index in [4.69, 9.17) is 22.2 Å². The van der Waals surface area contributed by atoms with Crippen LogP contribution in [0.25, 0.3) is 0 Å². The van der Waals surface area contributed by atoms with Crippen molar-refractivity contribution in [2.24, 2.45) is 0 Å². The average Bonchev–Trinajstić information content (AvgIpc) is 2.16. The third kappa shape index (κ3) is 74.4. The molecule has 0 aliphatic heterocycles. The standard InChI is InChI=1S/C8H18Ge.2C2H6ClSi/c1-3-5-7-9-8-6-4-2;2*1-4(2)3/h3-8H2,1-2H3;2*1-2H3. The van der Waals surface area contributed by atoms with Gasteiger partial charge in [-0.15, -0.1) is 0 Å². The molecule has 0 bridgehead atoms. The second-order valence-electron chi connectivity index (χ2n) is 4.21. The molecule has 5 heteroatoms. The molecule has 104 valence electrons. The van der Waals surface area contributed by atoms with Crippen LogP contribution in [0, 0.1) is 0 Å². The summed E-state index contributed by atoms with van der Waals surface area (Å²) in [5, 5.41) is 3.16. The van der Waals surface area contributed by atoms with E-state index in [0.29, 0.717) is 15.4 Å². The van der Waals surface area contributed by atoms with E-state index in [1.54, 1.807) is 10.5 Å². The molecule has 0 N–H and O–H groups in total. The Hall–Kier alpha value is 1.56. The van der Waals surface area contributed by atoms with Crippen molar-refractivity contribution in [3.8, 4) is 0 Å². The summed E-state index contributed by atoms with van der Waals surface area (Å²) in [4.78, 5) is 0. The number of hydrogen-bond acceptors (Lipinski definition) is 0. The molecule has 0 heterocycles. The molecule has 0 aromatic rings. The minimum atomic E-state index is -0.407. The minimum Gasteiger partial charge on any atom is -0.170 e. The molecule has 0 saturated heterocycles. The van der Waals surface area contributed by atoms with E-state index in [9.17, 15) is 0 Å². The van der Waals surface area contributed by atoms with Gasteiger partial charge in [0.25, 0.3) is 0 Å². The Balaban J connectivity index is -0.000000205. The Bertz CT molecular complexity index is 97.2. The Morgan fingerprint density at radius 2 is 1.00 bits per heavy atom. The molecule has 17 heavy (non-hydrogen) atoms. The molecule has 0 aliphatic rings. The number of unbranched alkanes of at least 4 members (excludes halogenated alkanes) is 2. The molecular formula is C12H30Cl2GeSi2. The first-order chi connectivity index (χ1) is 7.88. The maximum atomic E-state index is 5.38. The largest absolute Gasteiger partial charge is 0.170 e. The second kappa shape index (κ2) is 22.7. The third-order valence-corrected chi connectivity index (χ3v) is 4.38. The van der Waals surface area contributed by atoms with Crippen molar-refractivity contribution in [2.45, 2.75) is 76.2 Å². The zero-order chi connectivity index (χ0) is 14.1. The van der Waals surface area contributed by atoms with Crippen LogP contribution in [0.2, 0.25) is 36.7 Å². The predicted molar refractivity (Wildman–Crippen MR) is 91.9 cm³/mol. The van der Waals surface area contributed by atoms with Gasteiger partial charge >= 0.3 is 65.5 Å². The maximum Gasteiger partial charge on any atom is 0.158 e. The molecule has 0 spiro atoms. The van der Waals surface area contributed by atoms with Crippen molar-refractivity contribution in [2.75, 3.05) is 0 Å². The molecule has 0 aliphatic carbocycles. The van der Waals surface area contributed by atoms with Crippen LogP contribution in [0.15, 0.2) is 0 Å². The fourth-order valence-electron chi connectivity index (χ4n) is 0.729. The number of hydrogen-bond donors (Lipinski definition) is 0. The van der Waals surface area contributed by atoms with Crippen LogP contribution in [0.1, 0.15) is 39.5 Å². The molecule has 0 aromatic heterocycles. The van der Waals surface area contributed by atoms with Gasteiger partial charge in [0.2, 0.25) is 0 Å². The fraction of sp³-hybridized carbons (Fsp3) is 1.00. The summed E-state index contributed by atoms with van der Waals surface area (Å²) < 4.78 is 0. The summed E-state index contributed by atoms with van der Waals surface area (Å²) in [5.74, 6) is 0. The van der Waals surface area contributed by atoms with Gasteiger partial charge in [-0.1, -0.05) is 26.2 Å². The van der Waals surface area contributed by atoms with E-state index in [0.717, 1.165) is 0 Å². The van der Waals surface area contributed by atoms with Crippen molar-refractivity contribution in [1.82, 2.24) is 0 Å². The van der Waals surface area contributed by atoms with Crippen LogP contribution in [0.5, 0.6) is 0 Å². The van der Waals surface area contributed by atoms with E-state index in [1.165, 1.54) is 25.7 Å². The van der Waals surface area contributed by atoms with Gasteiger partial charge < -0.3 is 0 Å². The molecule has 0 saturated carbocycles. The van der Waals surface area contributed by atoms with E-state index in [-0.39, 0.29) is 0 Å². The van der Waals surface area contributed by atoms with Crippen LogP contribution >= 0.6 is 22.2 Å². The SMILES string of the molecule is CCC[CH2][Ge][CH2]CCC.C[Si](C)Cl.C[Si](C)Cl. The molecule has 0 unspecified atom stereocenters. The van der Waals surface area contributed by atoms with Gasteiger partial charge in [0.15, 0.2) is 16.2 Å². The first-order valence-corrected chi connectivity index (χ1v) is 16.5. The van der Waals surface area contributed by atoms with Crippen molar-refractivity contribution in [3.05, 3.63) is 0 Å². The Morgan fingerprint density at radius 3 is 1.18 bits per heavy atom. The Morgan fingerprint density at radius 1 is 0.765 bits per heavy atom. The van der Waals surface area contributed by atoms with Crippen molar-refractivity contribution in [3.63, 3.8) is 0 Å². The van der Waals surface area contributed by atoms with Crippen LogP contribution in [0.3, 0.4) is 0 Å². The van der Waals surface area contributed by atoms with Crippen LogP contribution < -0.4 is 0 Å². The first kappa shape index (κ1) is 23.6. The normalized spacial score (nSPS) is 9.53. The first-order valence-electron chi connectivity index (χ1n) is 6.50. The van der Waals surface area contributed by atoms with Gasteiger partial charge in [-0.05, 0) is 0 Å². The van der Waals surface area contributed by atoms with Gasteiger partial charge in [-0.3, -0.25) is 0 Å². The van der Waals surface area contributed by atoms with Crippen molar-refractivity contribution in [1.29, 1.82) is 0 Å². The van der Waals surface area contributed by atoms with Crippen LogP contribution in [-0.2, 0) is 0 Å². The van der Waals surface area contributed by atoms with E-state index < -0.39 is 16.2 Å². The molecule has 0 nitrogen and oxygen atoms in total. The zero-order valence-corrected chi connectivity index (χ0v) is 18.1. The summed E-state index contributed by atoms with van der Waals surface area (Å²) in [5.41, 5.74) is 0. The number of halogens is 2. The summed E-state index contributed by atoms with van der Waals surface area (Å²) in [7, 11) is -0.815. The predicted octanol–water partition coefficient (Wildman–Crippen LogP) is 6.08. The van der Waals surface area contributed by atoms with Gasteiger partial charge in [0, 0.05) is 0 Å². The molecule has 0 aromatic carbocycles. The van der Waals surface area contributed by atoms with Gasteiger partial charge in [-0.25, -0.2) is 0 Å². The smallest absolute Gasteiger partial charge is 0.158 e. The Kier molecular flexibility index (Phi) is 31.6. The summed E-state index contributed by atoms with van der Waals surface area (Å²) in [6.45, 7) is 12.7. The molecule has 0 atom stereocenters. The van der Waals surface area contributed by atoms with Gasteiger partial charge in [-0.2, -0.15) is 22.2 Å². The van der Waals surface area contributed by atoms with E-state index in [2.05, 4.69) is 13.8 Å². The topological polar surface area (TPSA) is 0 Å². The average molecular weight is 374 g/mol. The van der Waals surface area contributed by atoms with Gasteiger partial charge in [0.1, 0.15) is 0 Å². The zero-order valence-electron chi connectivity index (χ0n) is 12.5. The maximum absolute atomic E-state index is 5.38. The molecular weight excluding hydrogens is 344 g/mol. The van der Waals surface area contributed by atoms with Gasteiger partial charge in [0.05, 0.1) is 0 Å².